The number of nitrogens with zero attached hydrogens (tertiary/aromatic N) is 2. The van der Waals surface area contributed by atoms with E-state index in [0.717, 1.165) is 0 Å². The molecule has 0 aliphatic rings. The molecule has 0 aliphatic carbocycles. The van der Waals surface area contributed by atoms with Crippen LogP contribution in [0.2, 0.25) is 0 Å². The van der Waals surface area contributed by atoms with E-state index in [2.05, 4.69) is 10.4 Å². The smallest absolute Gasteiger partial charge is 0.333 e. The minimum atomic E-state index is -2.74. The Balaban J connectivity index is 2.61. The minimum Gasteiger partial charge on any atom is -0.481 e. The standard InChI is InChI=1S/C13H19F2N3O3/c1-7(4-12(20)21)6-16-11(19)5-10-8(2)17-18(9(10)3)13(14)15/h7,13H,4-6H2,1-3H3,(H,16,19)(H,20,21). The SMILES string of the molecule is Cc1nn(C(F)F)c(C)c1CC(=O)NCC(C)CC(=O)O. The lowest BCUT2D eigenvalue weighted by atomic mass is 10.1. The summed E-state index contributed by atoms with van der Waals surface area (Å²) in [6.07, 6.45) is -0.0914. The van der Waals surface area contributed by atoms with E-state index in [-0.39, 0.29) is 36.9 Å². The second kappa shape index (κ2) is 7.14. The van der Waals surface area contributed by atoms with Crippen molar-refractivity contribution in [1.82, 2.24) is 15.1 Å². The predicted molar refractivity (Wildman–Crippen MR) is 71.1 cm³/mol. The fraction of sp³-hybridized carbons (Fsp3) is 0.615. The number of aryl methyl sites for hydroxylation is 1. The van der Waals surface area contributed by atoms with Gasteiger partial charge in [-0.2, -0.15) is 13.9 Å². The lowest BCUT2D eigenvalue weighted by Gasteiger charge is -2.10. The number of rotatable bonds is 7. The average Bonchev–Trinajstić information content (AvgIpc) is 2.63. The fourth-order valence-corrected chi connectivity index (χ4v) is 2.02. The summed E-state index contributed by atoms with van der Waals surface area (Å²) >= 11 is 0. The minimum absolute atomic E-state index is 0.0400. The molecule has 6 nitrogen and oxygen atoms in total. The van der Waals surface area contributed by atoms with Crippen LogP contribution in [0.25, 0.3) is 0 Å². The van der Waals surface area contributed by atoms with Crippen molar-refractivity contribution >= 4 is 11.9 Å². The number of carboxylic acid groups (broad SMARTS) is 1. The molecule has 1 heterocycles. The van der Waals surface area contributed by atoms with Crippen LogP contribution in [0.5, 0.6) is 0 Å². The molecule has 8 heteroatoms. The molecule has 1 aromatic heterocycles. The van der Waals surface area contributed by atoms with Crippen molar-refractivity contribution < 1.29 is 23.5 Å². The molecular weight excluding hydrogens is 284 g/mol. The van der Waals surface area contributed by atoms with Gasteiger partial charge in [-0.15, -0.1) is 0 Å². The van der Waals surface area contributed by atoms with Gasteiger partial charge < -0.3 is 10.4 Å². The van der Waals surface area contributed by atoms with Crippen molar-refractivity contribution in [2.75, 3.05) is 6.54 Å². The van der Waals surface area contributed by atoms with Gasteiger partial charge in [0.1, 0.15) is 0 Å². The fourth-order valence-electron chi connectivity index (χ4n) is 2.02. The predicted octanol–water partition coefficient (Wildman–Crippen LogP) is 1.66. The first kappa shape index (κ1) is 17.1. The average molecular weight is 303 g/mol. The van der Waals surface area contributed by atoms with Crippen LogP contribution < -0.4 is 5.32 Å². The van der Waals surface area contributed by atoms with Crippen molar-refractivity contribution in [2.24, 2.45) is 5.92 Å². The molecule has 118 valence electrons. The molecular formula is C13H19F2N3O3. The molecule has 0 aliphatic heterocycles. The van der Waals surface area contributed by atoms with E-state index in [1.165, 1.54) is 6.92 Å². The van der Waals surface area contributed by atoms with E-state index in [1.54, 1.807) is 13.8 Å². The van der Waals surface area contributed by atoms with Gasteiger partial charge in [0.15, 0.2) is 0 Å². The van der Waals surface area contributed by atoms with Crippen molar-refractivity contribution in [3.63, 3.8) is 0 Å². The Bertz CT molecular complexity index is 529. The summed E-state index contributed by atoms with van der Waals surface area (Å²) < 4.78 is 25.9. The number of carbonyl (C=O) groups is 2. The molecule has 0 radical (unpaired) electrons. The summed E-state index contributed by atoms with van der Waals surface area (Å²) in [7, 11) is 0. The third-order valence-corrected chi connectivity index (χ3v) is 3.17. The number of hydrogen-bond donors (Lipinski definition) is 2. The summed E-state index contributed by atoms with van der Waals surface area (Å²) in [5.74, 6) is -1.47. The first-order valence-corrected chi connectivity index (χ1v) is 6.53. The highest BCUT2D eigenvalue weighted by Crippen LogP contribution is 2.19. The van der Waals surface area contributed by atoms with E-state index in [4.69, 9.17) is 5.11 Å². The molecule has 0 saturated carbocycles. The topological polar surface area (TPSA) is 84.2 Å². The summed E-state index contributed by atoms with van der Waals surface area (Å²) in [4.78, 5) is 22.3. The third kappa shape index (κ3) is 4.80. The summed E-state index contributed by atoms with van der Waals surface area (Å²) in [6.45, 7) is 2.26. The van der Waals surface area contributed by atoms with Crippen LogP contribution >= 0.6 is 0 Å². The number of carbonyl (C=O) groups excluding carboxylic acids is 1. The molecule has 0 bridgehead atoms. The van der Waals surface area contributed by atoms with Crippen molar-refractivity contribution in [2.45, 2.75) is 40.2 Å². The van der Waals surface area contributed by atoms with Gasteiger partial charge in [-0.25, -0.2) is 4.68 Å². The molecule has 0 fully saturated rings. The molecule has 1 unspecified atom stereocenters. The zero-order valence-electron chi connectivity index (χ0n) is 12.2. The normalized spacial score (nSPS) is 12.5. The first-order valence-electron chi connectivity index (χ1n) is 6.53. The Kier molecular flexibility index (Phi) is 5.80. The number of amides is 1. The Hall–Kier alpha value is -1.99. The van der Waals surface area contributed by atoms with Gasteiger partial charge in [-0.3, -0.25) is 9.59 Å². The molecule has 0 spiro atoms. The molecule has 1 rings (SSSR count). The van der Waals surface area contributed by atoms with E-state index < -0.39 is 12.5 Å². The number of aromatic nitrogens is 2. The van der Waals surface area contributed by atoms with E-state index in [1.807, 2.05) is 0 Å². The van der Waals surface area contributed by atoms with Crippen LogP contribution in [0, 0.1) is 19.8 Å². The molecule has 0 aromatic carbocycles. The van der Waals surface area contributed by atoms with Gasteiger partial charge in [-0.05, 0) is 19.8 Å². The summed E-state index contributed by atoms with van der Waals surface area (Å²) in [5, 5.41) is 14.9. The second-order valence-corrected chi connectivity index (χ2v) is 5.06. The van der Waals surface area contributed by atoms with Gasteiger partial charge in [0, 0.05) is 24.2 Å². The second-order valence-electron chi connectivity index (χ2n) is 5.06. The monoisotopic (exact) mass is 303 g/mol. The van der Waals surface area contributed by atoms with Crippen molar-refractivity contribution in [3.05, 3.63) is 17.0 Å². The number of alkyl halides is 2. The highest BCUT2D eigenvalue weighted by molar-refractivity contribution is 5.79. The van der Waals surface area contributed by atoms with Gasteiger partial charge in [0.2, 0.25) is 5.91 Å². The highest BCUT2D eigenvalue weighted by atomic mass is 19.3. The molecule has 2 N–H and O–H groups in total. The molecule has 0 saturated heterocycles. The molecule has 1 atom stereocenters. The summed E-state index contributed by atoms with van der Waals surface area (Å²) in [6, 6.07) is 0. The number of nitrogens with one attached hydrogen (secondary N) is 1. The van der Waals surface area contributed by atoms with Crippen LogP contribution in [0.3, 0.4) is 0 Å². The Morgan fingerprint density at radius 1 is 1.38 bits per heavy atom. The first-order chi connectivity index (χ1) is 9.72. The third-order valence-electron chi connectivity index (χ3n) is 3.17. The van der Waals surface area contributed by atoms with E-state index >= 15 is 0 Å². The van der Waals surface area contributed by atoms with Gasteiger partial charge >= 0.3 is 12.5 Å². The zero-order valence-corrected chi connectivity index (χ0v) is 12.2. The molecule has 1 aromatic rings. The van der Waals surface area contributed by atoms with Crippen LogP contribution in [0.1, 0.15) is 36.8 Å². The number of carboxylic acids is 1. The number of halogens is 2. The van der Waals surface area contributed by atoms with E-state index in [0.29, 0.717) is 15.9 Å². The maximum Gasteiger partial charge on any atom is 0.333 e. The van der Waals surface area contributed by atoms with Crippen LogP contribution in [-0.4, -0.2) is 33.3 Å². The van der Waals surface area contributed by atoms with Gasteiger partial charge in [0.25, 0.3) is 0 Å². The Morgan fingerprint density at radius 2 is 2.00 bits per heavy atom. The molecule has 21 heavy (non-hydrogen) atoms. The van der Waals surface area contributed by atoms with Gasteiger partial charge in [0.05, 0.1) is 12.1 Å². The van der Waals surface area contributed by atoms with E-state index in [9.17, 15) is 18.4 Å². The maximum absolute atomic E-state index is 12.7. The summed E-state index contributed by atoms with van der Waals surface area (Å²) in [5.41, 5.74) is 1.12. The van der Waals surface area contributed by atoms with Gasteiger partial charge in [-0.1, -0.05) is 6.92 Å². The van der Waals surface area contributed by atoms with Crippen LogP contribution in [0.4, 0.5) is 8.78 Å². The lowest BCUT2D eigenvalue weighted by Crippen LogP contribution is -2.30. The Labute approximate surface area is 121 Å². The zero-order chi connectivity index (χ0) is 16.2. The van der Waals surface area contributed by atoms with Crippen molar-refractivity contribution in [1.29, 1.82) is 0 Å². The number of hydrogen-bond acceptors (Lipinski definition) is 3. The highest BCUT2D eigenvalue weighted by Gasteiger charge is 2.19. The number of aliphatic carboxylic acids is 1. The van der Waals surface area contributed by atoms with Crippen LogP contribution in [0.15, 0.2) is 0 Å². The maximum atomic E-state index is 12.7. The molecule has 1 amide bonds. The Morgan fingerprint density at radius 3 is 2.48 bits per heavy atom. The quantitative estimate of drug-likeness (QED) is 0.802. The van der Waals surface area contributed by atoms with Crippen LogP contribution in [-0.2, 0) is 16.0 Å². The van der Waals surface area contributed by atoms with Crippen molar-refractivity contribution in [3.8, 4) is 0 Å². The lowest BCUT2D eigenvalue weighted by molar-refractivity contribution is -0.138. The largest absolute Gasteiger partial charge is 0.481 e.